The van der Waals surface area contributed by atoms with Crippen LogP contribution >= 0.6 is 22.7 Å². The molecule has 1 unspecified atom stereocenters. The molecule has 0 aliphatic heterocycles. The molecule has 4 heterocycles. The van der Waals surface area contributed by atoms with Crippen LogP contribution in [0.2, 0.25) is 0 Å². The van der Waals surface area contributed by atoms with Gasteiger partial charge in [0.1, 0.15) is 23.2 Å². The summed E-state index contributed by atoms with van der Waals surface area (Å²) >= 11 is 3.44. The van der Waals surface area contributed by atoms with Crippen LogP contribution in [-0.2, 0) is 19.4 Å². The molecular formula is C19H18N4OS2. The summed E-state index contributed by atoms with van der Waals surface area (Å²) < 4.78 is 5.60. The Morgan fingerprint density at radius 3 is 3.19 bits per heavy atom. The second-order valence-corrected chi connectivity index (χ2v) is 8.76. The molecule has 0 amide bonds. The summed E-state index contributed by atoms with van der Waals surface area (Å²) in [5.41, 5.74) is 2.31. The highest BCUT2D eigenvalue weighted by Crippen LogP contribution is 2.39. The minimum Gasteiger partial charge on any atom is -0.443 e. The third-order valence-electron chi connectivity index (χ3n) is 4.81. The summed E-state index contributed by atoms with van der Waals surface area (Å²) in [4.78, 5) is 17.2. The molecule has 0 saturated heterocycles. The van der Waals surface area contributed by atoms with Crippen LogP contribution in [0.25, 0.3) is 21.0 Å². The minimum absolute atomic E-state index is 0.585. The van der Waals surface area contributed by atoms with Crippen molar-refractivity contribution in [2.24, 2.45) is 5.92 Å². The molecule has 4 aromatic heterocycles. The van der Waals surface area contributed by atoms with E-state index < -0.39 is 0 Å². The van der Waals surface area contributed by atoms with Crippen molar-refractivity contribution < 1.29 is 4.42 Å². The molecule has 1 atom stereocenters. The predicted octanol–water partition coefficient (Wildman–Crippen LogP) is 5.14. The summed E-state index contributed by atoms with van der Waals surface area (Å²) in [6, 6.07) is 4.01. The van der Waals surface area contributed by atoms with E-state index in [-0.39, 0.29) is 0 Å². The lowest BCUT2D eigenvalue weighted by atomic mass is 9.89. The minimum atomic E-state index is 0.585. The zero-order chi connectivity index (χ0) is 17.5. The Bertz CT molecular complexity index is 1050. The number of anilines is 1. The molecule has 0 bridgehead atoms. The molecule has 5 nitrogen and oxygen atoms in total. The Morgan fingerprint density at radius 2 is 2.31 bits per heavy atom. The SMILES string of the molecule is CC1CCc2c(sc3ncnc(NCc4coc(-c5cccs5)n4)c23)C1. The average molecular weight is 383 g/mol. The van der Waals surface area contributed by atoms with Gasteiger partial charge in [-0.2, -0.15) is 0 Å². The summed E-state index contributed by atoms with van der Waals surface area (Å²) in [5, 5.41) is 6.67. The quantitative estimate of drug-likeness (QED) is 0.529. The van der Waals surface area contributed by atoms with Gasteiger partial charge in [-0.05, 0) is 42.2 Å². The number of thiophene rings is 2. The van der Waals surface area contributed by atoms with Crippen LogP contribution in [0.4, 0.5) is 5.82 Å². The maximum Gasteiger partial charge on any atom is 0.236 e. The van der Waals surface area contributed by atoms with Gasteiger partial charge in [-0.3, -0.25) is 0 Å². The molecular weight excluding hydrogens is 364 g/mol. The third kappa shape index (κ3) is 2.81. The van der Waals surface area contributed by atoms with Crippen LogP contribution in [0.3, 0.4) is 0 Å². The Kier molecular flexibility index (Phi) is 3.98. The molecule has 1 aliphatic rings. The van der Waals surface area contributed by atoms with Gasteiger partial charge in [-0.15, -0.1) is 22.7 Å². The number of oxazole rings is 1. The summed E-state index contributed by atoms with van der Waals surface area (Å²) in [5.74, 6) is 2.33. The first-order chi connectivity index (χ1) is 12.8. The first kappa shape index (κ1) is 16.0. The third-order valence-corrected chi connectivity index (χ3v) is 6.83. The monoisotopic (exact) mass is 382 g/mol. The smallest absolute Gasteiger partial charge is 0.236 e. The van der Waals surface area contributed by atoms with Gasteiger partial charge >= 0.3 is 0 Å². The molecule has 132 valence electrons. The first-order valence-electron chi connectivity index (χ1n) is 8.75. The predicted molar refractivity (Wildman–Crippen MR) is 106 cm³/mol. The molecule has 1 N–H and O–H groups in total. The van der Waals surface area contributed by atoms with Crippen molar-refractivity contribution in [1.82, 2.24) is 15.0 Å². The Balaban J connectivity index is 1.41. The molecule has 0 fully saturated rings. The Labute approximate surface area is 159 Å². The summed E-state index contributed by atoms with van der Waals surface area (Å²) in [6.45, 7) is 2.91. The molecule has 5 rings (SSSR count). The van der Waals surface area contributed by atoms with Crippen LogP contribution in [0, 0.1) is 5.92 Å². The highest BCUT2D eigenvalue weighted by molar-refractivity contribution is 7.19. The second kappa shape index (κ2) is 6.48. The molecule has 4 aromatic rings. The fourth-order valence-electron chi connectivity index (χ4n) is 3.49. The number of hydrogen-bond donors (Lipinski definition) is 1. The second-order valence-electron chi connectivity index (χ2n) is 6.73. The lowest BCUT2D eigenvalue weighted by Crippen LogP contribution is -2.09. The fraction of sp³-hybridized carbons (Fsp3) is 0.316. The van der Waals surface area contributed by atoms with Crippen molar-refractivity contribution in [1.29, 1.82) is 0 Å². The molecule has 0 radical (unpaired) electrons. The van der Waals surface area contributed by atoms with Crippen molar-refractivity contribution in [3.05, 3.63) is 46.2 Å². The number of hydrogen-bond acceptors (Lipinski definition) is 7. The van der Waals surface area contributed by atoms with Gasteiger partial charge in [-0.1, -0.05) is 13.0 Å². The fourth-order valence-corrected chi connectivity index (χ4v) is 5.49. The molecule has 7 heteroatoms. The van der Waals surface area contributed by atoms with Gasteiger partial charge in [0.15, 0.2) is 0 Å². The normalized spacial score (nSPS) is 16.7. The van der Waals surface area contributed by atoms with E-state index >= 15 is 0 Å². The van der Waals surface area contributed by atoms with Gasteiger partial charge in [0, 0.05) is 4.88 Å². The van der Waals surface area contributed by atoms with Crippen LogP contribution in [0.5, 0.6) is 0 Å². The Hall–Kier alpha value is -2.25. The van der Waals surface area contributed by atoms with Gasteiger partial charge in [0.25, 0.3) is 0 Å². The highest BCUT2D eigenvalue weighted by Gasteiger charge is 2.23. The van der Waals surface area contributed by atoms with E-state index in [1.807, 2.05) is 28.8 Å². The summed E-state index contributed by atoms with van der Waals surface area (Å²) in [7, 11) is 0. The lowest BCUT2D eigenvalue weighted by Gasteiger charge is -2.18. The van der Waals surface area contributed by atoms with E-state index in [2.05, 4.69) is 27.2 Å². The van der Waals surface area contributed by atoms with Gasteiger partial charge in [-0.25, -0.2) is 15.0 Å². The number of aryl methyl sites for hydroxylation is 1. The van der Waals surface area contributed by atoms with Crippen LogP contribution in [-0.4, -0.2) is 15.0 Å². The number of nitrogens with zero attached hydrogens (tertiary/aromatic N) is 3. The number of aromatic nitrogens is 3. The van der Waals surface area contributed by atoms with Crippen LogP contribution in [0.1, 0.15) is 29.5 Å². The van der Waals surface area contributed by atoms with E-state index in [9.17, 15) is 0 Å². The Morgan fingerprint density at radius 1 is 1.35 bits per heavy atom. The lowest BCUT2D eigenvalue weighted by molar-refractivity contribution is 0.509. The van der Waals surface area contributed by atoms with Crippen molar-refractivity contribution >= 4 is 38.7 Å². The van der Waals surface area contributed by atoms with E-state index in [0.29, 0.717) is 12.4 Å². The van der Waals surface area contributed by atoms with Crippen molar-refractivity contribution in [3.8, 4) is 10.8 Å². The van der Waals surface area contributed by atoms with Crippen LogP contribution < -0.4 is 5.32 Å². The standard InChI is InChI=1S/C19H18N4OS2/c1-11-4-5-13-15(7-11)26-19-16(13)17(21-10-22-19)20-8-12-9-24-18(23-12)14-3-2-6-25-14/h2-3,6,9-11H,4-5,7-8H2,1H3,(H,20,21,22). The van der Waals surface area contributed by atoms with Crippen molar-refractivity contribution in [2.75, 3.05) is 5.32 Å². The van der Waals surface area contributed by atoms with Gasteiger partial charge in [0.05, 0.1) is 22.5 Å². The zero-order valence-corrected chi connectivity index (χ0v) is 16.0. The number of nitrogens with one attached hydrogen (secondary N) is 1. The highest BCUT2D eigenvalue weighted by atomic mass is 32.1. The maximum atomic E-state index is 5.60. The summed E-state index contributed by atoms with van der Waals surface area (Å²) in [6.07, 6.45) is 6.87. The van der Waals surface area contributed by atoms with E-state index in [4.69, 9.17) is 4.42 Å². The van der Waals surface area contributed by atoms with Crippen molar-refractivity contribution in [2.45, 2.75) is 32.7 Å². The number of fused-ring (bicyclic) bond motifs is 3. The van der Waals surface area contributed by atoms with Crippen molar-refractivity contribution in [3.63, 3.8) is 0 Å². The molecule has 0 spiro atoms. The topological polar surface area (TPSA) is 63.8 Å². The molecule has 0 aromatic carbocycles. The maximum absolute atomic E-state index is 5.60. The molecule has 0 saturated carbocycles. The van der Waals surface area contributed by atoms with E-state index in [1.54, 1.807) is 23.9 Å². The largest absolute Gasteiger partial charge is 0.443 e. The van der Waals surface area contributed by atoms with Gasteiger partial charge in [0.2, 0.25) is 5.89 Å². The zero-order valence-electron chi connectivity index (χ0n) is 14.4. The molecule has 26 heavy (non-hydrogen) atoms. The first-order valence-corrected chi connectivity index (χ1v) is 10.4. The van der Waals surface area contributed by atoms with Gasteiger partial charge < -0.3 is 9.73 Å². The van der Waals surface area contributed by atoms with E-state index in [0.717, 1.165) is 40.0 Å². The number of rotatable bonds is 4. The van der Waals surface area contributed by atoms with Crippen LogP contribution in [0.15, 0.2) is 34.5 Å². The molecule has 1 aliphatic carbocycles. The van der Waals surface area contributed by atoms with E-state index in [1.165, 1.54) is 22.2 Å². The average Bonchev–Trinajstić information content (AvgIpc) is 3.37.